The Morgan fingerprint density at radius 1 is 1.35 bits per heavy atom. The van der Waals surface area contributed by atoms with Gasteiger partial charge in [-0.2, -0.15) is 0 Å². The molecule has 1 aromatic carbocycles. The van der Waals surface area contributed by atoms with E-state index in [4.69, 9.17) is 9.15 Å². The average Bonchev–Trinajstić information content (AvgIpc) is 2.99. The third kappa shape index (κ3) is 3.64. The van der Waals surface area contributed by atoms with Gasteiger partial charge in [-0.1, -0.05) is 30.3 Å². The lowest BCUT2D eigenvalue weighted by Crippen LogP contribution is -2.34. The van der Waals surface area contributed by atoms with Crippen molar-refractivity contribution in [2.75, 3.05) is 0 Å². The van der Waals surface area contributed by atoms with Crippen molar-refractivity contribution in [1.82, 2.24) is 15.5 Å². The highest BCUT2D eigenvalue weighted by atomic mass is 16.5. The molecule has 0 aliphatic rings. The van der Waals surface area contributed by atoms with Crippen molar-refractivity contribution >= 4 is 12.0 Å². The Kier molecular flexibility index (Phi) is 4.43. The molecule has 0 saturated carbocycles. The van der Waals surface area contributed by atoms with E-state index in [1.165, 1.54) is 0 Å². The Hall–Kier alpha value is -2.70. The van der Waals surface area contributed by atoms with Crippen molar-refractivity contribution in [2.45, 2.75) is 19.4 Å². The Bertz CT molecular complexity index is 569. The minimum absolute atomic E-state index is 0.0922. The predicted octanol–water partition coefficient (Wildman–Crippen LogP) is 1.63. The van der Waals surface area contributed by atoms with E-state index in [2.05, 4.69) is 15.5 Å². The van der Waals surface area contributed by atoms with Gasteiger partial charge in [0, 0.05) is 0 Å². The second-order valence-corrected chi connectivity index (χ2v) is 4.05. The minimum Gasteiger partial charge on any atom is -0.444 e. The monoisotopic (exact) mass is 275 g/mol. The molecule has 1 aromatic heterocycles. The van der Waals surface area contributed by atoms with E-state index in [1.807, 2.05) is 30.3 Å². The molecule has 0 aliphatic carbocycles. The molecule has 0 fully saturated rings. The van der Waals surface area contributed by atoms with Gasteiger partial charge in [-0.3, -0.25) is 10.1 Å². The first-order chi connectivity index (χ1) is 9.66. The summed E-state index contributed by atoms with van der Waals surface area (Å²) in [7, 11) is 0. The summed E-state index contributed by atoms with van der Waals surface area (Å²) in [6.45, 7) is 1.64. The van der Waals surface area contributed by atoms with Crippen LogP contribution in [0.25, 0.3) is 0 Å². The average molecular weight is 275 g/mol. The lowest BCUT2D eigenvalue weighted by Gasteiger charge is -2.08. The molecule has 0 bridgehead atoms. The molecule has 0 aliphatic heterocycles. The van der Waals surface area contributed by atoms with Crippen LogP contribution in [0.15, 0.2) is 41.1 Å². The van der Waals surface area contributed by atoms with Crippen molar-refractivity contribution in [3.63, 3.8) is 0 Å². The van der Waals surface area contributed by atoms with Crippen LogP contribution in [0, 0.1) is 0 Å². The highest BCUT2D eigenvalue weighted by molar-refractivity contribution is 5.94. The summed E-state index contributed by atoms with van der Waals surface area (Å²) < 4.78 is 9.82. The normalized spacial score (nSPS) is 11.7. The maximum atomic E-state index is 11.7. The summed E-state index contributed by atoms with van der Waals surface area (Å²) in [5.41, 5.74) is 0.833. The highest BCUT2D eigenvalue weighted by Gasteiger charge is 2.22. The van der Waals surface area contributed by atoms with E-state index >= 15 is 0 Å². The van der Waals surface area contributed by atoms with E-state index in [9.17, 15) is 9.59 Å². The minimum atomic E-state index is -0.815. The fourth-order valence-electron chi connectivity index (χ4n) is 1.45. The number of alkyl carbamates (subject to hydrolysis) is 1. The zero-order chi connectivity index (χ0) is 14.4. The number of nitrogens with zero attached hydrogens (tertiary/aromatic N) is 2. The first-order valence-corrected chi connectivity index (χ1v) is 5.94. The van der Waals surface area contributed by atoms with E-state index in [-0.39, 0.29) is 12.5 Å². The molecule has 2 amide bonds. The summed E-state index contributed by atoms with van der Waals surface area (Å²) in [5, 5.41) is 9.19. The van der Waals surface area contributed by atoms with Crippen molar-refractivity contribution in [1.29, 1.82) is 0 Å². The fraction of sp³-hybridized carbons (Fsp3) is 0.231. The largest absolute Gasteiger partial charge is 0.444 e. The third-order valence-corrected chi connectivity index (χ3v) is 2.58. The van der Waals surface area contributed by atoms with Gasteiger partial charge in [0.15, 0.2) is 0 Å². The van der Waals surface area contributed by atoms with Gasteiger partial charge in [-0.15, -0.1) is 10.2 Å². The molecule has 1 N–H and O–H groups in total. The summed E-state index contributed by atoms with van der Waals surface area (Å²) in [4.78, 5) is 23.2. The second kappa shape index (κ2) is 6.46. The molecule has 0 saturated heterocycles. The zero-order valence-electron chi connectivity index (χ0n) is 10.8. The lowest BCUT2D eigenvalue weighted by atomic mass is 10.2. The van der Waals surface area contributed by atoms with Crippen LogP contribution < -0.4 is 5.32 Å². The van der Waals surface area contributed by atoms with E-state index in [0.717, 1.165) is 12.0 Å². The number of carbonyl (C=O) groups excluding carboxylic acids is 2. The van der Waals surface area contributed by atoms with Crippen molar-refractivity contribution < 1.29 is 18.7 Å². The third-order valence-electron chi connectivity index (χ3n) is 2.58. The molecule has 7 nitrogen and oxygen atoms in total. The van der Waals surface area contributed by atoms with E-state index in [0.29, 0.717) is 0 Å². The topological polar surface area (TPSA) is 94.3 Å². The summed E-state index contributed by atoms with van der Waals surface area (Å²) in [6.07, 6.45) is 0.303. The Morgan fingerprint density at radius 2 is 2.10 bits per heavy atom. The van der Waals surface area contributed by atoms with Gasteiger partial charge in [-0.05, 0) is 12.5 Å². The number of rotatable bonds is 4. The van der Waals surface area contributed by atoms with Crippen LogP contribution >= 0.6 is 0 Å². The zero-order valence-corrected chi connectivity index (χ0v) is 10.8. The Morgan fingerprint density at radius 3 is 2.75 bits per heavy atom. The molecule has 104 valence electrons. The first kappa shape index (κ1) is 13.7. The van der Waals surface area contributed by atoms with Gasteiger partial charge in [0.1, 0.15) is 12.5 Å². The van der Waals surface area contributed by atoms with Crippen LogP contribution in [0.3, 0.4) is 0 Å². The quantitative estimate of drug-likeness (QED) is 0.911. The molecule has 2 aromatic rings. The fourth-order valence-corrected chi connectivity index (χ4v) is 1.45. The number of amides is 2. The van der Waals surface area contributed by atoms with Crippen molar-refractivity contribution in [3.05, 3.63) is 48.2 Å². The van der Waals surface area contributed by atoms with Gasteiger partial charge in [0.25, 0.3) is 0 Å². The summed E-state index contributed by atoms with van der Waals surface area (Å²) in [5.74, 6) is -1.15. The number of benzene rings is 1. The molecule has 2 rings (SSSR count). The number of ether oxygens (including phenoxy) is 1. The van der Waals surface area contributed by atoms with Crippen LogP contribution in [-0.2, 0) is 16.1 Å². The van der Waals surface area contributed by atoms with Gasteiger partial charge < -0.3 is 9.15 Å². The Balaban J connectivity index is 1.81. The highest BCUT2D eigenvalue weighted by Crippen LogP contribution is 2.11. The molecule has 1 heterocycles. The molecule has 1 atom stereocenters. The molecular formula is C13H13N3O4. The number of hydrogen-bond donors (Lipinski definition) is 1. The lowest BCUT2D eigenvalue weighted by molar-refractivity contribution is -0.122. The predicted molar refractivity (Wildman–Crippen MR) is 67.5 cm³/mol. The standard InChI is InChI=1S/C13H13N3O4/c1-9(12-16-14-8-20-12)11(17)15-13(18)19-7-10-5-3-2-4-6-10/h2-6,8-9H,7H2,1H3,(H,15,17,18). The number of aromatic nitrogens is 2. The smallest absolute Gasteiger partial charge is 0.414 e. The second-order valence-electron chi connectivity index (χ2n) is 4.05. The van der Waals surface area contributed by atoms with Crippen LogP contribution in [0.4, 0.5) is 4.79 Å². The van der Waals surface area contributed by atoms with Gasteiger partial charge in [0.2, 0.25) is 18.2 Å². The number of hydrogen-bond acceptors (Lipinski definition) is 6. The van der Waals surface area contributed by atoms with Gasteiger partial charge in [-0.25, -0.2) is 4.79 Å². The van der Waals surface area contributed by atoms with Crippen LogP contribution in [-0.4, -0.2) is 22.2 Å². The molecule has 0 spiro atoms. The van der Waals surface area contributed by atoms with Crippen LogP contribution in [0.2, 0.25) is 0 Å². The molecular weight excluding hydrogens is 262 g/mol. The van der Waals surface area contributed by atoms with E-state index < -0.39 is 17.9 Å². The molecule has 20 heavy (non-hydrogen) atoms. The van der Waals surface area contributed by atoms with Crippen molar-refractivity contribution in [3.8, 4) is 0 Å². The maximum absolute atomic E-state index is 11.7. The van der Waals surface area contributed by atoms with E-state index in [1.54, 1.807) is 6.92 Å². The molecule has 0 radical (unpaired) electrons. The summed E-state index contributed by atoms with van der Waals surface area (Å²) >= 11 is 0. The molecule has 1 unspecified atom stereocenters. The van der Waals surface area contributed by atoms with Gasteiger partial charge >= 0.3 is 6.09 Å². The maximum Gasteiger partial charge on any atom is 0.414 e. The van der Waals surface area contributed by atoms with Crippen LogP contribution in [0.1, 0.15) is 24.3 Å². The van der Waals surface area contributed by atoms with Crippen molar-refractivity contribution in [2.24, 2.45) is 0 Å². The van der Waals surface area contributed by atoms with Gasteiger partial charge in [0.05, 0.1) is 0 Å². The number of imide groups is 1. The summed E-state index contributed by atoms with van der Waals surface area (Å²) in [6, 6.07) is 9.16. The number of nitrogens with one attached hydrogen (secondary N) is 1. The SMILES string of the molecule is CC(C(=O)NC(=O)OCc1ccccc1)c1nnco1. The Labute approximate surface area is 115 Å². The number of carbonyl (C=O) groups is 2. The van der Waals surface area contributed by atoms with Crippen LogP contribution in [0.5, 0.6) is 0 Å². The molecule has 7 heteroatoms. The first-order valence-electron chi connectivity index (χ1n) is 5.94.